The zero-order valence-corrected chi connectivity index (χ0v) is 10.3. The van der Waals surface area contributed by atoms with Crippen LogP contribution in [0.4, 0.5) is 4.39 Å². The van der Waals surface area contributed by atoms with Crippen LogP contribution in [0.5, 0.6) is 0 Å². The van der Waals surface area contributed by atoms with Crippen molar-refractivity contribution >= 4 is 5.84 Å². The van der Waals surface area contributed by atoms with E-state index in [1.165, 1.54) is 6.07 Å². The van der Waals surface area contributed by atoms with E-state index in [9.17, 15) is 4.39 Å². The van der Waals surface area contributed by atoms with E-state index >= 15 is 0 Å². The largest absolute Gasteiger partial charge is 0.369 e. The van der Waals surface area contributed by atoms with Crippen molar-refractivity contribution in [3.05, 3.63) is 35.6 Å². The third-order valence-electron chi connectivity index (χ3n) is 3.84. The number of hydrogen-bond acceptors (Lipinski definition) is 3. The predicted molar refractivity (Wildman–Crippen MR) is 70.1 cm³/mol. The van der Waals surface area contributed by atoms with Crippen LogP contribution in [-0.2, 0) is 6.42 Å². The van der Waals surface area contributed by atoms with Crippen LogP contribution in [0.2, 0.25) is 0 Å². The summed E-state index contributed by atoms with van der Waals surface area (Å²) in [5, 5.41) is 3.40. The molecule has 1 fully saturated rings. The quantitative estimate of drug-likeness (QED) is 0.834. The van der Waals surface area contributed by atoms with Gasteiger partial charge in [0.15, 0.2) is 0 Å². The molecule has 1 aromatic carbocycles. The Morgan fingerprint density at radius 3 is 3.00 bits per heavy atom. The van der Waals surface area contributed by atoms with Crippen molar-refractivity contribution in [2.75, 3.05) is 0 Å². The third-order valence-corrected chi connectivity index (χ3v) is 3.84. The summed E-state index contributed by atoms with van der Waals surface area (Å²) in [6.45, 7) is 0. The average molecular weight is 247 g/mol. The first-order valence-corrected chi connectivity index (χ1v) is 6.54. The molecular formula is C14H18FN3. The summed E-state index contributed by atoms with van der Waals surface area (Å²) in [5.41, 5.74) is 6.66. The van der Waals surface area contributed by atoms with Gasteiger partial charge in [0.2, 0.25) is 0 Å². The second-order valence-corrected chi connectivity index (χ2v) is 5.24. The fraction of sp³-hybridized carbons (Fsp3) is 0.500. The number of nitrogens with two attached hydrogens (primary N) is 1. The van der Waals surface area contributed by atoms with Gasteiger partial charge in [-0.3, -0.25) is 4.99 Å². The van der Waals surface area contributed by atoms with Gasteiger partial charge in [-0.1, -0.05) is 18.2 Å². The molecule has 0 spiro atoms. The summed E-state index contributed by atoms with van der Waals surface area (Å²) in [5.74, 6) is 0.748. The average Bonchev–Trinajstić information content (AvgIpc) is 2.73. The molecule has 3 unspecified atom stereocenters. The van der Waals surface area contributed by atoms with Gasteiger partial charge in [-0.25, -0.2) is 4.39 Å². The van der Waals surface area contributed by atoms with Crippen molar-refractivity contribution in [2.45, 2.75) is 43.8 Å². The van der Waals surface area contributed by atoms with Gasteiger partial charge in [0.25, 0.3) is 0 Å². The van der Waals surface area contributed by atoms with E-state index in [2.05, 4.69) is 10.3 Å². The minimum Gasteiger partial charge on any atom is -0.369 e. The van der Waals surface area contributed by atoms with E-state index in [-0.39, 0.29) is 11.9 Å². The molecule has 1 aromatic rings. The van der Waals surface area contributed by atoms with Gasteiger partial charge in [-0.05, 0) is 30.9 Å². The molecule has 0 radical (unpaired) electrons. The van der Waals surface area contributed by atoms with E-state index in [1.807, 2.05) is 12.1 Å². The Hall–Kier alpha value is -1.42. The maximum atomic E-state index is 13.6. The smallest absolute Gasteiger partial charge is 0.126 e. The van der Waals surface area contributed by atoms with Gasteiger partial charge >= 0.3 is 0 Å². The summed E-state index contributed by atoms with van der Waals surface area (Å²) in [6.07, 6.45) is 3.60. The number of benzene rings is 1. The second kappa shape index (κ2) is 4.69. The van der Waals surface area contributed by atoms with Crippen molar-refractivity contribution in [1.29, 1.82) is 0 Å². The van der Waals surface area contributed by atoms with Gasteiger partial charge in [0, 0.05) is 12.5 Å². The lowest BCUT2D eigenvalue weighted by Crippen LogP contribution is -2.44. The van der Waals surface area contributed by atoms with Crippen LogP contribution in [0.3, 0.4) is 0 Å². The van der Waals surface area contributed by atoms with E-state index in [4.69, 9.17) is 5.73 Å². The Kier molecular flexibility index (Phi) is 3.04. The van der Waals surface area contributed by atoms with Crippen molar-refractivity contribution in [2.24, 2.45) is 10.7 Å². The fourth-order valence-electron chi connectivity index (χ4n) is 2.87. The summed E-state index contributed by atoms with van der Waals surface area (Å²) in [4.78, 5) is 4.66. The fourth-order valence-corrected chi connectivity index (χ4v) is 2.87. The molecule has 0 bridgehead atoms. The van der Waals surface area contributed by atoms with E-state index in [1.54, 1.807) is 6.07 Å². The van der Waals surface area contributed by atoms with Gasteiger partial charge in [0.1, 0.15) is 11.7 Å². The molecule has 1 aliphatic heterocycles. The molecule has 3 nitrogen and oxygen atoms in total. The molecule has 96 valence electrons. The Balaban J connectivity index is 1.70. The van der Waals surface area contributed by atoms with Gasteiger partial charge in [-0.15, -0.1) is 0 Å². The number of nitrogens with zero attached hydrogens (tertiary/aromatic N) is 1. The van der Waals surface area contributed by atoms with Crippen LogP contribution < -0.4 is 11.1 Å². The third kappa shape index (κ3) is 2.25. The van der Waals surface area contributed by atoms with Crippen molar-refractivity contribution in [3.8, 4) is 0 Å². The first-order valence-electron chi connectivity index (χ1n) is 6.54. The Bertz CT molecular complexity index is 472. The van der Waals surface area contributed by atoms with E-state index in [0.717, 1.165) is 25.1 Å². The Morgan fingerprint density at radius 2 is 2.17 bits per heavy atom. The molecule has 1 aliphatic carbocycles. The number of halogens is 1. The van der Waals surface area contributed by atoms with Gasteiger partial charge in [-0.2, -0.15) is 0 Å². The Morgan fingerprint density at radius 1 is 1.33 bits per heavy atom. The topological polar surface area (TPSA) is 50.4 Å². The van der Waals surface area contributed by atoms with Gasteiger partial charge in [0.05, 0.1) is 12.1 Å². The molecule has 1 saturated carbocycles. The lowest BCUT2D eigenvalue weighted by molar-refractivity contribution is 0.347. The van der Waals surface area contributed by atoms with Crippen LogP contribution in [0.25, 0.3) is 0 Å². The highest BCUT2D eigenvalue weighted by atomic mass is 19.1. The summed E-state index contributed by atoms with van der Waals surface area (Å²) in [7, 11) is 0. The number of amidine groups is 1. The van der Waals surface area contributed by atoms with E-state index < -0.39 is 0 Å². The molecule has 3 rings (SSSR count). The number of aliphatic imine (C=N–C) groups is 1. The van der Waals surface area contributed by atoms with E-state index in [0.29, 0.717) is 24.1 Å². The molecule has 0 aromatic heterocycles. The molecule has 3 N–H and O–H groups in total. The highest BCUT2D eigenvalue weighted by Crippen LogP contribution is 2.25. The summed E-state index contributed by atoms with van der Waals surface area (Å²) < 4.78 is 13.6. The SMILES string of the molecule is NC1CCC2N=C(Cc3ccccc3F)NC2C1. The van der Waals surface area contributed by atoms with Crippen molar-refractivity contribution in [3.63, 3.8) is 0 Å². The zero-order chi connectivity index (χ0) is 12.5. The lowest BCUT2D eigenvalue weighted by Gasteiger charge is -2.28. The molecule has 0 saturated heterocycles. The molecule has 4 heteroatoms. The van der Waals surface area contributed by atoms with Crippen LogP contribution in [0, 0.1) is 5.82 Å². The van der Waals surface area contributed by atoms with Crippen LogP contribution in [0.1, 0.15) is 24.8 Å². The maximum Gasteiger partial charge on any atom is 0.126 e. The number of nitrogens with one attached hydrogen (secondary N) is 1. The summed E-state index contributed by atoms with van der Waals surface area (Å²) >= 11 is 0. The molecule has 2 aliphatic rings. The minimum absolute atomic E-state index is 0.159. The minimum atomic E-state index is -0.159. The normalized spacial score (nSPS) is 30.6. The monoisotopic (exact) mass is 247 g/mol. The number of fused-ring (bicyclic) bond motifs is 1. The molecule has 18 heavy (non-hydrogen) atoms. The van der Waals surface area contributed by atoms with Crippen LogP contribution >= 0.6 is 0 Å². The zero-order valence-electron chi connectivity index (χ0n) is 10.3. The lowest BCUT2D eigenvalue weighted by atomic mass is 9.88. The highest BCUT2D eigenvalue weighted by Gasteiger charge is 2.33. The van der Waals surface area contributed by atoms with Crippen molar-refractivity contribution < 1.29 is 4.39 Å². The summed E-state index contributed by atoms with van der Waals surface area (Å²) in [6, 6.07) is 7.85. The first kappa shape index (κ1) is 11.7. The van der Waals surface area contributed by atoms with Crippen molar-refractivity contribution in [1.82, 2.24) is 5.32 Å². The predicted octanol–water partition coefficient (Wildman–Crippen LogP) is 1.62. The highest BCUT2D eigenvalue weighted by molar-refractivity contribution is 5.86. The standard InChI is InChI=1S/C14H18FN3/c15-11-4-2-1-3-9(11)7-14-17-12-6-5-10(16)8-13(12)18-14/h1-4,10,12-13H,5-8,16H2,(H,17,18). The first-order chi connectivity index (χ1) is 8.72. The number of hydrogen-bond donors (Lipinski definition) is 2. The van der Waals surface area contributed by atoms with Crippen LogP contribution in [-0.4, -0.2) is 24.0 Å². The molecule has 1 heterocycles. The molecule has 3 atom stereocenters. The second-order valence-electron chi connectivity index (χ2n) is 5.24. The molecule has 0 amide bonds. The van der Waals surface area contributed by atoms with Gasteiger partial charge < -0.3 is 11.1 Å². The number of rotatable bonds is 2. The Labute approximate surface area is 106 Å². The molecular weight excluding hydrogens is 229 g/mol. The van der Waals surface area contributed by atoms with Crippen LogP contribution in [0.15, 0.2) is 29.3 Å². The maximum absolute atomic E-state index is 13.6.